The van der Waals surface area contributed by atoms with Gasteiger partial charge in [0.1, 0.15) is 5.75 Å². The molecule has 0 aliphatic carbocycles. The minimum atomic E-state index is 0.639. The van der Waals surface area contributed by atoms with Crippen molar-refractivity contribution in [3.05, 3.63) is 53.7 Å². The molecule has 1 heterocycles. The largest absolute Gasteiger partial charge is 0.439 e. The summed E-state index contributed by atoms with van der Waals surface area (Å²) in [6, 6.07) is 12.2. The van der Waals surface area contributed by atoms with Gasteiger partial charge >= 0.3 is 0 Å². The van der Waals surface area contributed by atoms with Crippen molar-refractivity contribution in [2.75, 3.05) is 0 Å². The number of hydrogen-bond donors (Lipinski definition) is 0. The van der Waals surface area contributed by atoms with Gasteiger partial charge in [-0.25, -0.2) is 4.98 Å². The van der Waals surface area contributed by atoms with Crippen LogP contribution < -0.4 is 4.74 Å². The maximum atomic E-state index is 5.70. The molecule has 0 N–H and O–H groups in total. The van der Waals surface area contributed by atoms with Gasteiger partial charge in [-0.1, -0.05) is 32.0 Å². The van der Waals surface area contributed by atoms with Crippen LogP contribution in [0.5, 0.6) is 11.6 Å². The van der Waals surface area contributed by atoms with Gasteiger partial charge in [-0.15, -0.1) is 0 Å². The van der Waals surface area contributed by atoms with Gasteiger partial charge in [0.25, 0.3) is 0 Å². The van der Waals surface area contributed by atoms with Crippen LogP contribution in [0.1, 0.15) is 31.4 Å². The topological polar surface area (TPSA) is 22.1 Å². The smallest absolute Gasteiger partial charge is 0.219 e. The van der Waals surface area contributed by atoms with Crippen molar-refractivity contribution in [2.45, 2.75) is 33.6 Å². The number of benzene rings is 1. The summed E-state index contributed by atoms with van der Waals surface area (Å²) in [4.78, 5) is 4.23. The zero-order chi connectivity index (χ0) is 13.7. The monoisotopic (exact) mass is 255 g/mol. The SMILES string of the molecule is Cc1ccc(Oc2ccc(CCC(C)C)cc2)nc1. The molecule has 0 spiro atoms. The first-order valence-electron chi connectivity index (χ1n) is 6.83. The molecule has 0 unspecified atom stereocenters. The van der Waals surface area contributed by atoms with E-state index in [1.807, 2.05) is 37.4 Å². The van der Waals surface area contributed by atoms with E-state index in [4.69, 9.17) is 4.74 Å². The molecule has 0 saturated carbocycles. The molecule has 2 heteroatoms. The Bertz CT molecular complexity index is 500. The molecule has 0 fully saturated rings. The van der Waals surface area contributed by atoms with Crippen molar-refractivity contribution in [1.29, 1.82) is 0 Å². The van der Waals surface area contributed by atoms with Gasteiger partial charge in [0.15, 0.2) is 0 Å². The van der Waals surface area contributed by atoms with E-state index in [-0.39, 0.29) is 0 Å². The molecular formula is C17H21NO. The lowest BCUT2D eigenvalue weighted by Crippen LogP contribution is -1.92. The van der Waals surface area contributed by atoms with E-state index in [0.717, 1.165) is 23.7 Å². The highest BCUT2D eigenvalue weighted by Crippen LogP contribution is 2.20. The van der Waals surface area contributed by atoms with E-state index in [1.54, 1.807) is 0 Å². The summed E-state index contributed by atoms with van der Waals surface area (Å²) >= 11 is 0. The first-order valence-corrected chi connectivity index (χ1v) is 6.83. The molecule has 0 amide bonds. The average Bonchev–Trinajstić information content (AvgIpc) is 2.40. The van der Waals surface area contributed by atoms with Gasteiger partial charge in [-0.2, -0.15) is 0 Å². The van der Waals surface area contributed by atoms with Gasteiger partial charge in [0, 0.05) is 12.3 Å². The van der Waals surface area contributed by atoms with Crippen LogP contribution in [0.2, 0.25) is 0 Å². The van der Waals surface area contributed by atoms with Crippen LogP contribution in [0.15, 0.2) is 42.6 Å². The minimum absolute atomic E-state index is 0.639. The number of hydrogen-bond acceptors (Lipinski definition) is 2. The number of aryl methyl sites for hydroxylation is 2. The molecule has 1 aromatic carbocycles. The Morgan fingerprint density at radius 2 is 1.79 bits per heavy atom. The molecular weight excluding hydrogens is 234 g/mol. The second-order valence-electron chi connectivity index (χ2n) is 5.35. The Hall–Kier alpha value is -1.83. The van der Waals surface area contributed by atoms with Gasteiger partial charge in [0.05, 0.1) is 0 Å². The van der Waals surface area contributed by atoms with Crippen molar-refractivity contribution in [3.63, 3.8) is 0 Å². The standard InChI is InChI=1S/C17H21NO/c1-13(2)4-6-15-7-9-16(10-8-15)19-17-11-5-14(3)12-18-17/h5,7-13H,4,6H2,1-3H3. The van der Waals surface area contributed by atoms with E-state index in [0.29, 0.717) is 5.88 Å². The third-order valence-electron chi connectivity index (χ3n) is 3.04. The van der Waals surface area contributed by atoms with Crippen LogP contribution >= 0.6 is 0 Å². The molecule has 1 aromatic heterocycles. The number of ether oxygens (including phenoxy) is 1. The van der Waals surface area contributed by atoms with Crippen LogP contribution in [0.25, 0.3) is 0 Å². The fourth-order valence-electron chi connectivity index (χ4n) is 1.81. The fraction of sp³-hybridized carbons (Fsp3) is 0.353. The summed E-state index contributed by atoms with van der Waals surface area (Å²) in [6.45, 7) is 6.52. The maximum Gasteiger partial charge on any atom is 0.219 e. The number of nitrogens with zero attached hydrogens (tertiary/aromatic N) is 1. The first kappa shape index (κ1) is 13.6. The van der Waals surface area contributed by atoms with Crippen molar-refractivity contribution in [3.8, 4) is 11.6 Å². The van der Waals surface area contributed by atoms with E-state index in [2.05, 4.69) is 31.0 Å². The minimum Gasteiger partial charge on any atom is -0.439 e. The molecule has 0 atom stereocenters. The summed E-state index contributed by atoms with van der Waals surface area (Å²) in [7, 11) is 0. The summed E-state index contributed by atoms with van der Waals surface area (Å²) in [5.74, 6) is 2.22. The zero-order valence-corrected chi connectivity index (χ0v) is 11.9. The summed E-state index contributed by atoms with van der Waals surface area (Å²) in [5, 5.41) is 0. The second kappa shape index (κ2) is 6.37. The number of pyridine rings is 1. The Kier molecular flexibility index (Phi) is 4.56. The lowest BCUT2D eigenvalue weighted by molar-refractivity contribution is 0.462. The van der Waals surface area contributed by atoms with Gasteiger partial charge in [-0.3, -0.25) is 0 Å². The number of rotatable bonds is 5. The predicted molar refractivity (Wildman–Crippen MR) is 78.6 cm³/mol. The molecule has 0 radical (unpaired) electrons. The Labute approximate surface area is 115 Å². The molecule has 0 aliphatic heterocycles. The van der Waals surface area contributed by atoms with Gasteiger partial charge < -0.3 is 4.74 Å². The molecule has 0 bridgehead atoms. The van der Waals surface area contributed by atoms with E-state index >= 15 is 0 Å². The highest BCUT2D eigenvalue weighted by molar-refractivity contribution is 5.31. The van der Waals surface area contributed by atoms with E-state index in [1.165, 1.54) is 12.0 Å². The van der Waals surface area contributed by atoms with Crippen molar-refractivity contribution in [1.82, 2.24) is 4.98 Å². The highest BCUT2D eigenvalue weighted by atomic mass is 16.5. The second-order valence-corrected chi connectivity index (χ2v) is 5.35. The third kappa shape index (κ3) is 4.40. The zero-order valence-electron chi connectivity index (χ0n) is 11.9. The average molecular weight is 255 g/mol. The summed E-state index contributed by atoms with van der Waals surface area (Å²) in [5.41, 5.74) is 2.49. The van der Waals surface area contributed by atoms with Crippen LogP contribution in [0.4, 0.5) is 0 Å². The normalized spacial score (nSPS) is 10.7. The van der Waals surface area contributed by atoms with Gasteiger partial charge in [0.2, 0.25) is 5.88 Å². The fourth-order valence-corrected chi connectivity index (χ4v) is 1.81. The molecule has 2 nitrogen and oxygen atoms in total. The summed E-state index contributed by atoms with van der Waals surface area (Å²) in [6.07, 6.45) is 4.16. The third-order valence-corrected chi connectivity index (χ3v) is 3.04. The van der Waals surface area contributed by atoms with Gasteiger partial charge in [-0.05, 0) is 48.9 Å². The molecule has 100 valence electrons. The molecule has 2 rings (SSSR count). The van der Waals surface area contributed by atoms with Crippen LogP contribution in [-0.2, 0) is 6.42 Å². The maximum absolute atomic E-state index is 5.70. The predicted octanol–water partition coefficient (Wildman–Crippen LogP) is 4.77. The molecule has 2 aromatic rings. The Morgan fingerprint density at radius 1 is 1.05 bits per heavy atom. The van der Waals surface area contributed by atoms with Crippen molar-refractivity contribution < 1.29 is 4.74 Å². The highest BCUT2D eigenvalue weighted by Gasteiger charge is 2.00. The van der Waals surface area contributed by atoms with Crippen molar-refractivity contribution >= 4 is 0 Å². The van der Waals surface area contributed by atoms with Crippen LogP contribution in [-0.4, -0.2) is 4.98 Å². The Balaban J connectivity index is 1.96. The Morgan fingerprint density at radius 3 is 2.37 bits per heavy atom. The van der Waals surface area contributed by atoms with Crippen LogP contribution in [0, 0.1) is 12.8 Å². The lowest BCUT2D eigenvalue weighted by Gasteiger charge is -2.07. The summed E-state index contributed by atoms with van der Waals surface area (Å²) < 4.78 is 5.70. The van der Waals surface area contributed by atoms with Crippen LogP contribution in [0.3, 0.4) is 0 Å². The molecule has 0 aliphatic rings. The molecule has 19 heavy (non-hydrogen) atoms. The lowest BCUT2D eigenvalue weighted by atomic mass is 10.0. The first-order chi connectivity index (χ1) is 9.13. The van der Waals surface area contributed by atoms with E-state index < -0.39 is 0 Å². The van der Waals surface area contributed by atoms with E-state index in [9.17, 15) is 0 Å². The van der Waals surface area contributed by atoms with Crippen molar-refractivity contribution in [2.24, 2.45) is 5.92 Å². The molecule has 0 saturated heterocycles. The number of aromatic nitrogens is 1. The quantitative estimate of drug-likeness (QED) is 0.767.